The Morgan fingerprint density at radius 1 is 1.42 bits per heavy atom. The number of fused-ring (bicyclic) bond motifs is 1. The van der Waals surface area contributed by atoms with Gasteiger partial charge in [0.25, 0.3) is 10.0 Å². The Hall–Kier alpha value is -1.78. The number of H-pyrrole nitrogens is 1. The van der Waals surface area contributed by atoms with Crippen LogP contribution in [0.1, 0.15) is 11.4 Å². The number of nitrogens with one attached hydrogen (secondary N) is 1. The lowest BCUT2D eigenvalue weighted by Crippen LogP contribution is -2.38. The monoisotopic (exact) mass is 283 g/mol. The van der Waals surface area contributed by atoms with Gasteiger partial charge in [-0.3, -0.25) is 5.10 Å². The lowest BCUT2D eigenvalue weighted by Gasteiger charge is -2.25. The molecule has 10 heteroatoms. The van der Waals surface area contributed by atoms with Gasteiger partial charge in [-0.05, 0) is 0 Å². The van der Waals surface area contributed by atoms with Crippen LogP contribution in [0.3, 0.4) is 0 Å². The first kappa shape index (κ1) is 12.3. The van der Waals surface area contributed by atoms with Crippen LogP contribution < -0.4 is 5.73 Å². The fraction of sp³-hybridized carbons (Fsp3) is 0.444. The van der Waals surface area contributed by atoms with Crippen molar-refractivity contribution in [3.63, 3.8) is 0 Å². The summed E-state index contributed by atoms with van der Waals surface area (Å²) in [7, 11) is -3.63. The molecular weight excluding hydrogens is 270 g/mol. The number of aromatic nitrogens is 5. The molecule has 0 aromatic carbocycles. The van der Waals surface area contributed by atoms with Crippen LogP contribution in [0, 0.1) is 0 Å². The standard InChI is InChI=1S/C9H13N7O2S/c10-3-7-4-11-14-9(7)19(17,18)16-2-1-15-6-12-13-8(15)5-16/h4,6H,1-3,5,10H2,(H,11,14). The molecule has 0 atom stereocenters. The van der Waals surface area contributed by atoms with Crippen molar-refractivity contribution in [1.82, 2.24) is 29.3 Å². The van der Waals surface area contributed by atoms with Gasteiger partial charge in [-0.15, -0.1) is 10.2 Å². The van der Waals surface area contributed by atoms with Gasteiger partial charge in [-0.1, -0.05) is 0 Å². The van der Waals surface area contributed by atoms with Gasteiger partial charge in [0, 0.05) is 25.2 Å². The van der Waals surface area contributed by atoms with Crippen LogP contribution in [0.25, 0.3) is 0 Å². The molecule has 0 saturated heterocycles. The average molecular weight is 283 g/mol. The van der Waals surface area contributed by atoms with E-state index in [1.807, 2.05) is 4.57 Å². The third kappa shape index (κ3) is 1.93. The Morgan fingerprint density at radius 2 is 2.26 bits per heavy atom. The van der Waals surface area contributed by atoms with E-state index in [4.69, 9.17) is 5.73 Å². The molecule has 2 aromatic heterocycles. The molecule has 3 rings (SSSR count). The maximum absolute atomic E-state index is 12.5. The van der Waals surface area contributed by atoms with Crippen LogP contribution in [-0.2, 0) is 29.7 Å². The van der Waals surface area contributed by atoms with Gasteiger partial charge < -0.3 is 10.3 Å². The number of nitrogens with two attached hydrogens (primary N) is 1. The largest absolute Gasteiger partial charge is 0.326 e. The summed E-state index contributed by atoms with van der Waals surface area (Å²) in [5, 5.41) is 14.0. The zero-order chi connectivity index (χ0) is 13.5. The summed E-state index contributed by atoms with van der Waals surface area (Å²) in [5.41, 5.74) is 5.99. The van der Waals surface area contributed by atoms with E-state index in [0.29, 0.717) is 24.5 Å². The third-order valence-corrected chi connectivity index (χ3v) is 4.96. The minimum Gasteiger partial charge on any atom is -0.326 e. The second kappa shape index (κ2) is 4.40. The van der Waals surface area contributed by atoms with Crippen molar-refractivity contribution in [2.45, 2.75) is 24.7 Å². The second-order valence-electron chi connectivity index (χ2n) is 4.21. The lowest BCUT2D eigenvalue weighted by molar-refractivity contribution is 0.334. The van der Waals surface area contributed by atoms with E-state index < -0.39 is 10.0 Å². The molecule has 0 saturated carbocycles. The minimum atomic E-state index is -3.63. The summed E-state index contributed by atoms with van der Waals surface area (Å²) in [6, 6.07) is 0. The van der Waals surface area contributed by atoms with Gasteiger partial charge >= 0.3 is 0 Å². The van der Waals surface area contributed by atoms with Gasteiger partial charge in [-0.25, -0.2) is 8.42 Å². The average Bonchev–Trinajstić information content (AvgIpc) is 3.06. The number of aromatic amines is 1. The Bertz CT molecular complexity index is 689. The van der Waals surface area contributed by atoms with E-state index in [1.54, 1.807) is 6.33 Å². The number of sulfonamides is 1. The lowest BCUT2D eigenvalue weighted by atomic mass is 10.4. The Kier molecular flexibility index (Phi) is 2.84. The molecule has 19 heavy (non-hydrogen) atoms. The number of nitrogens with zero attached hydrogens (tertiary/aromatic N) is 5. The topological polar surface area (TPSA) is 123 Å². The summed E-state index contributed by atoms with van der Waals surface area (Å²) in [6.45, 7) is 1.23. The van der Waals surface area contributed by atoms with Crippen LogP contribution in [0.15, 0.2) is 17.6 Å². The SMILES string of the molecule is NCc1cn[nH]c1S(=O)(=O)N1CCn2cnnc2C1. The quantitative estimate of drug-likeness (QED) is 0.719. The zero-order valence-corrected chi connectivity index (χ0v) is 10.8. The Balaban J connectivity index is 1.94. The third-order valence-electron chi connectivity index (χ3n) is 3.10. The maximum Gasteiger partial charge on any atom is 0.260 e. The predicted octanol–water partition coefficient (Wildman–Crippen LogP) is -1.34. The summed E-state index contributed by atoms with van der Waals surface area (Å²) >= 11 is 0. The molecule has 1 aliphatic rings. The second-order valence-corrected chi connectivity index (χ2v) is 6.08. The molecule has 0 aliphatic carbocycles. The van der Waals surface area contributed by atoms with Crippen LogP contribution >= 0.6 is 0 Å². The highest BCUT2D eigenvalue weighted by molar-refractivity contribution is 7.89. The Morgan fingerprint density at radius 3 is 3.05 bits per heavy atom. The van der Waals surface area contributed by atoms with Crippen molar-refractivity contribution in [1.29, 1.82) is 0 Å². The summed E-state index contributed by atoms with van der Waals surface area (Å²) < 4.78 is 28.2. The van der Waals surface area contributed by atoms with Crippen LogP contribution in [0.4, 0.5) is 0 Å². The number of rotatable bonds is 3. The van der Waals surface area contributed by atoms with Crippen molar-refractivity contribution in [2.24, 2.45) is 5.73 Å². The predicted molar refractivity (Wildman–Crippen MR) is 64.1 cm³/mol. The van der Waals surface area contributed by atoms with E-state index in [1.165, 1.54) is 10.5 Å². The molecule has 1 aliphatic heterocycles. The molecule has 0 amide bonds. The number of hydrogen-bond donors (Lipinski definition) is 2. The van der Waals surface area contributed by atoms with Crippen LogP contribution in [0.2, 0.25) is 0 Å². The van der Waals surface area contributed by atoms with Gasteiger partial charge in [0.15, 0.2) is 5.03 Å². The first-order valence-corrected chi connectivity index (χ1v) is 7.16. The first-order chi connectivity index (χ1) is 9.13. The van der Waals surface area contributed by atoms with Gasteiger partial charge in [0.05, 0.1) is 12.7 Å². The highest BCUT2D eigenvalue weighted by Crippen LogP contribution is 2.21. The van der Waals surface area contributed by atoms with Crippen molar-refractivity contribution in [3.05, 3.63) is 23.9 Å². The first-order valence-electron chi connectivity index (χ1n) is 5.72. The number of hydrogen-bond acceptors (Lipinski definition) is 6. The van der Waals surface area contributed by atoms with Crippen molar-refractivity contribution in [3.8, 4) is 0 Å². The van der Waals surface area contributed by atoms with Gasteiger partial charge in [-0.2, -0.15) is 9.40 Å². The molecule has 0 fully saturated rings. The van der Waals surface area contributed by atoms with E-state index in [0.717, 1.165) is 0 Å². The van der Waals surface area contributed by atoms with Gasteiger partial charge in [0.1, 0.15) is 12.2 Å². The van der Waals surface area contributed by atoms with E-state index in [9.17, 15) is 8.42 Å². The summed E-state index contributed by atoms with van der Waals surface area (Å²) in [5.74, 6) is 0.628. The van der Waals surface area contributed by atoms with Crippen LogP contribution in [-0.4, -0.2) is 44.2 Å². The minimum absolute atomic E-state index is 0.0583. The van der Waals surface area contributed by atoms with Crippen molar-refractivity contribution in [2.75, 3.05) is 6.54 Å². The summed E-state index contributed by atoms with van der Waals surface area (Å²) in [4.78, 5) is 0. The molecule has 3 N–H and O–H groups in total. The summed E-state index contributed by atoms with van der Waals surface area (Å²) in [6.07, 6.45) is 3.03. The van der Waals surface area contributed by atoms with Gasteiger partial charge in [0.2, 0.25) is 0 Å². The van der Waals surface area contributed by atoms with Crippen molar-refractivity contribution < 1.29 is 8.42 Å². The van der Waals surface area contributed by atoms with Crippen LogP contribution in [0.5, 0.6) is 0 Å². The molecular formula is C9H13N7O2S. The smallest absolute Gasteiger partial charge is 0.260 e. The van der Waals surface area contributed by atoms with E-state index in [2.05, 4.69) is 20.4 Å². The Labute approximate surface area is 109 Å². The molecule has 9 nitrogen and oxygen atoms in total. The van der Waals surface area contributed by atoms with E-state index >= 15 is 0 Å². The maximum atomic E-state index is 12.5. The molecule has 102 valence electrons. The van der Waals surface area contributed by atoms with E-state index in [-0.39, 0.29) is 18.1 Å². The molecule has 2 aromatic rings. The molecule has 0 bridgehead atoms. The molecule has 0 unspecified atom stereocenters. The fourth-order valence-electron chi connectivity index (χ4n) is 2.05. The highest BCUT2D eigenvalue weighted by Gasteiger charge is 2.31. The zero-order valence-electron chi connectivity index (χ0n) is 10.0. The highest BCUT2D eigenvalue weighted by atomic mass is 32.2. The van der Waals surface area contributed by atoms with Crippen molar-refractivity contribution >= 4 is 10.0 Å². The fourth-order valence-corrected chi connectivity index (χ4v) is 3.55. The molecule has 3 heterocycles. The normalized spacial score (nSPS) is 16.5. The molecule has 0 radical (unpaired) electrons. The molecule has 0 spiro atoms.